The molecule has 866 valence electrons. The number of alkyl halides is 12. The monoisotopic (exact) mass is 3770 g/mol. The number of hydrogen-bond donors (Lipinski definition) is 0. The zero-order valence-corrected chi connectivity index (χ0v) is 113. The summed E-state index contributed by atoms with van der Waals surface area (Å²) in [5.41, 5.74) is 12.9. The second-order valence-electron chi connectivity index (χ2n) is 28.9. The first-order valence-corrected chi connectivity index (χ1v) is 45.0. The fourth-order valence-electron chi connectivity index (χ4n) is 6.97. The molecule has 0 fully saturated rings. The second kappa shape index (κ2) is 128. The Hall–Kier alpha value is -4.25. The number of nitrogens with zero attached hydrogens (tertiary/aromatic N) is 4. The topological polar surface area (TPSA) is 633 Å². The Morgan fingerprint density at radius 2 is 0.338 bits per heavy atom. The van der Waals surface area contributed by atoms with Crippen molar-refractivity contribution in [2.24, 2.45) is 9.98 Å². The fourth-order valence-corrected chi connectivity index (χ4v) is 6.97. The molecule has 148 heavy (non-hydrogen) atoms. The minimum absolute atomic E-state index is 0. The summed E-state index contributed by atoms with van der Waals surface area (Å²) in [6.07, 6.45) is 0. The van der Waals surface area contributed by atoms with Crippen LogP contribution >= 0.6 is 139 Å². The Balaban J connectivity index is -0.0000000673. The van der Waals surface area contributed by atoms with Crippen LogP contribution in [-0.2, 0) is 267 Å². The SMILES string of the molecule is CC(=O)[O-].CC(=O)[O-].CC(=O)[O-].CC(=O)[O-].CC(=O)[O-].CC(=O)[O-].CC(=O)[O-].CC(=O)[O-].CC(=O)[O-].CC(=O)[O-].CC(=O)[O-].CC(=O)[O-].CC(=O)[O-].CC(=O)[O-].CC(C)(C)c1ccc(N=C([N-]c2ccc(C(C)(C)C)cc2)c2ccc(-c3ccc(C(=Nc4ccc(C(C)(C)C)cc4)[N-]c4ccc(C(C)(C)C)cc4)cc3)cc2)cc1.CCOCC.CCOCC.ClC(Cl)Cl.ClC(Cl)Cl.ClC(Cl)Cl.ClC(Cl)Cl.[Pt+2].[Pt+2].[Pt+2].[Pt+2].[Pt+2].[Pt+2].[Pt+2].[Pt+2]. The standard InChI is InChI=1S/C54H60N4.2C4H10O.14C2H4O2.4CHCl3.8Pt/c1-51(2,3)41-21-29-45(30-22-41)55-49(56-46-31-23-42(24-32-46)52(4,5)6)39-17-13-37(14-18-39)38-15-19-40(20-16-38)50(57-47-33-25-43(26-34-47)53(7,8)9)58-48-35-27-44(28-36-48)54(10,11)12;2*1-3-5-4-2;14*1-2(3)4;4*2-1(3)4;;;;;;;;/h13-36H,1-12H3;2*3-4H2,1-2H3;14*1H3,(H,3,4);4*1H;;;;;;;;/q-2;;;;;;;;;;;;;;;;;;;;;8*+2/p-14. The van der Waals surface area contributed by atoms with Gasteiger partial charge in [0.05, 0.1) is 0 Å². The molecule has 0 bridgehead atoms. The van der Waals surface area contributed by atoms with E-state index in [2.05, 4.69) is 229 Å². The van der Waals surface area contributed by atoms with E-state index in [1.165, 1.54) is 22.3 Å². The molecule has 34 nitrogen and oxygen atoms in total. The Morgan fingerprint density at radius 3 is 0.432 bits per heavy atom. The molecule has 0 atom stereocenters. The van der Waals surface area contributed by atoms with Crippen molar-refractivity contribution in [3.63, 3.8) is 0 Å². The third-order valence-electron chi connectivity index (χ3n) is 11.3. The summed E-state index contributed by atoms with van der Waals surface area (Å²) in [4.78, 5) is 135. The molecule has 0 aliphatic heterocycles. The average Bonchev–Trinajstić information content (AvgIpc) is 0.814. The van der Waals surface area contributed by atoms with Gasteiger partial charge in [0.25, 0.3) is 0 Å². The summed E-state index contributed by atoms with van der Waals surface area (Å²) in [6.45, 7) is 51.7. The number of rotatable bonds is 11. The molecule has 0 N–H and O–H groups in total. The van der Waals surface area contributed by atoms with Crippen molar-refractivity contribution in [2.75, 3.05) is 26.4 Å². The van der Waals surface area contributed by atoms with Gasteiger partial charge in [-0.3, -0.25) is 0 Å². The third-order valence-corrected chi connectivity index (χ3v) is 11.3. The van der Waals surface area contributed by atoms with Crippen LogP contribution in [0, 0.1) is 0 Å². The van der Waals surface area contributed by atoms with Crippen LogP contribution in [0.25, 0.3) is 21.8 Å². The molecule has 0 aromatic heterocycles. The fraction of sp³-hybridized carbons (Fsp3) is 0.447. The molecular formula is C94H126Cl12N4O30Pt8. The van der Waals surface area contributed by atoms with Gasteiger partial charge in [-0.1, -0.05) is 380 Å². The van der Waals surface area contributed by atoms with Crippen LogP contribution in [0.1, 0.15) is 241 Å². The molecule has 0 aliphatic carbocycles. The maximum Gasteiger partial charge on any atom is 2.00 e. The molecule has 0 aliphatic rings. The minimum Gasteiger partial charge on any atom is -0.550 e. The molecule has 0 radical (unpaired) electrons. The van der Waals surface area contributed by atoms with Crippen LogP contribution in [0.5, 0.6) is 0 Å². The second-order valence-corrected chi connectivity index (χ2v) is 36.8. The van der Waals surface area contributed by atoms with Gasteiger partial charge in [-0.25, -0.2) is 0 Å². The van der Waals surface area contributed by atoms with E-state index in [0.717, 1.165) is 168 Å². The average molecular weight is 3780 g/mol. The molecule has 54 heteroatoms. The summed E-state index contributed by atoms with van der Waals surface area (Å²) in [5, 5.41) is 135. The van der Waals surface area contributed by atoms with E-state index >= 15 is 0 Å². The van der Waals surface area contributed by atoms with Gasteiger partial charge in [0, 0.05) is 110 Å². The van der Waals surface area contributed by atoms with Crippen molar-refractivity contribution in [3.8, 4) is 11.1 Å². The molecule has 6 rings (SSSR count). The van der Waals surface area contributed by atoms with Crippen LogP contribution in [0.4, 0.5) is 22.7 Å². The number of ether oxygens (including phenoxy) is 2. The van der Waals surface area contributed by atoms with Crippen molar-refractivity contribution >= 4 is 257 Å². The van der Waals surface area contributed by atoms with E-state index < -0.39 is 101 Å². The molecule has 0 heterocycles. The van der Waals surface area contributed by atoms with Crippen molar-refractivity contribution < 1.29 is 317 Å². The Kier molecular flexibility index (Phi) is 174. The first-order valence-electron chi connectivity index (χ1n) is 39.8. The largest absolute Gasteiger partial charge is 2.00 e. The van der Waals surface area contributed by atoms with E-state index in [1.54, 1.807) is 0 Å². The molecule has 6 aromatic carbocycles. The molecule has 0 amide bonds. The van der Waals surface area contributed by atoms with Gasteiger partial charge in [0.2, 0.25) is 0 Å². The van der Waals surface area contributed by atoms with E-state index in [1.807, 2.05) is 27.7 Å². The maximum absolute atomic E-state index is 8.89. The normalized spacial score (nSPS) is 9.01. The van der Waals surface area contributed by atoms with Crippen molar-refractivity contribution in [1.82, 2.24) is 0 Å². The first-order chi connectivity index (χ1) is 63.2. The first kappa shape index (κ1) is 201. The van der Waals surface area contributed by atoms with Crippen LogP contribution in [-0.4, -0.2) is 139 Å². The van der Waals surface area contributed by atoms with E-state index in [4.69, 9.17) is 308 Å². The zero-order chi connectivity index (χ0) is 115. The number of benzene rings is 6. The zero-order valence-electron chi connectivity index (χ0n) is 86.1. The number of aliphatic carboxylic acids is 14. The molecule has 6 aromatic rings. The number of halogens is 12. The number of carboxylic acids is 14. The maximum atomic E-state index is 8.89. The quantitative estimate of drug-likeness (QED) is 0.0664. The van der Waals surface area contributed by atoms with Gasteiger partial charge in [0.1, 0.15) is 0 Å². The summed E-state index contributed by atoms with van der Waals surface area (Å²) in [6, 6.07) is 51.0. The van der Waals surface area contributed by atoms with Gasteiger partial charge < -0.3 is 169 Å². The van der Waals surface area contributed by atoms with Gasteiger partial charge in [0.15, 0.2) is 17.2 Å². The van der Waals surface area contributed by atoms with Crippen LogP contribution < -0.4 is 71.5 Å². The summed E-state index contributed by atoms with van der Waals surface area (Å²) in [7, 11) is 0. The van der Waals surface area contributed by atoms with Crippen LogP contribution in [0.2, 0.25) is 0 Å². The minimum atomic E-state index is -1.08. The Labute approximate surface area is 1050 Å². The summed E-state index contributed by atoms with van der Waals surface area (Å²) >= 11 is 57.7. The number of carboxylic acid groups (broad SMARTS) is 14. The predicted octanol–water partition coefficient (Wildman–Crippen LogP) is 8.71. The number of amidine groups is 2. The number of hydrogen-bond acceptors (Lipinski definition) is 32. The summed E-state index contributed by atoms with van der Waals surface area (Å²) < 4.78 is 6.67. The van der Waals surface area contributed by atoms with E-state index in [-0.39, 0.29) is 190 Å². The molecular weight excluding hydrogens is 3650 g/mol. The Morgan fingerprint density at radius 1 is 0.230 bits per heavy atom. The summed E-state index contributed by atoms with van der Waals surface area (Å²) in [5.74, 6) is -13.8. The van der Waals surface area contributed by atoms with Crippen LogP contribution in [0.15, 0.2) is 156 Å². The van der Waals surface area contributed by atoms with Crippen molar-refractivity contribution in [2.45, 2.75) is 247 Å². The predicted molar refractivity (Wildman–Crippen MR) is 530 cm³/mol. The molecule has 0 saturated heterocycles. The van der Waals surface area contributed by atoms with E-state index in [0.29, 0.717) is 11.7 Å². The van der Waals surface area contributed by atoms with Gasteiger partial charge in [-0.2, -0.15) is 0 Å². The molecule has 0 saturated carbocycles. The number of aliphatic imine (C=N–C) groups is 2. The smallest absolute Gasteiger partial charge is 0.550 e. The van der Waals surface area contributed by atoms with Gasteiger partial charge in [-0.15, -0.1) is 0 Å². The number of carbonyl (C=O) groups is 14. The Bertz CT molecular complexity index is 3770. The van der Waals surface area contributed by atoms with E-state index in [9.17, 15) is 0 Å². The van der Waals surface area contributed by atoms with Crippen LogP contribution in [0.3, 0.4) is 0 Å². The molecule has 0 spiro atoms. The van der Waals surface area contributed by atoms with Crippen molar-refractivity contribution in [1.29, 1.82) is 0 Å². The third kappa shape index (κ3) is 225. The molecule has 0 unspecified atom stereocenters. The van der Waals surface area contributed by atoms with Gasteiger partial charge >= 0.3 is 169 Å². The number of carbonyl (C=O) groups excluding carboxylic acids is 14. The van der Waals surface area contributed by atoms with Gasteiger partial charge in [-0.05, 0) is 214 Å². The van der Waals surface area contributed by atoms with Crippen molar-refractivity contribution in [3.05, 3.63) is 190 Å².